The summed E-state index contributed by atoms with van der Waals surface area (Å²) in [7, 11) is 1.48. The van der Waals surface area contributed by atoms with Gasteiger partial charge in [-0.15, -0.1) is 0 Å². The Labute approximate surface area is 288 Å². The lowest BCUT2D eigenvalue weighted by Crippen LogP contribution is -2.83. The minimum atomic E-state index is -1.90. The van der Waals surface area contributed by atoms with Gasteiger partial charge in [-0.1, -0.05) is 58.0 Å². The summed E-state index contributed by atoms with van der Waals surface area (Å²) in [6.45, 7) is 15.3. The number of alkyl carbamates (subject to hydrolysis) is 1. The number of rotatable bonds is 6. The minimum absolute atomic E-state index is 0.0672. The van der Waals surface area contributed by atoms with E-state index in [0.717, 1.165) is 0 Å². The Bertz CT molecular complexity index is 1520. The Kier molecular flexibility index (Phi) is 9.25. The molecule has 3 fully saturated rings. The Morgan fingerprint density at radius 1 is 1.06 bits per heavy atom. The highest BCUT2D eigenvalue weighted by molar-refractivity contribution is 5.94. The number of ketones is 1. The van der Waals surface area contributed by atoms with Crippen LogP contribution in [0.1, 0.15) is 86.8 Å². The van der Waals surface area contributed by atoms with E-state index in [0.29, 0.717) is 11.1 Å². The molecule has 4 aliphatic rings. The summed E-state index contributed by atoms with van der Waals surface area (Å²) in [5.41, 5.74) is -7.25. The first-order valence-corrected chi connectivity index (χ1v) is 17.0. The molecule has 0 radical (unpaired) electrons. The molecule has 272 valence electrons. The highest BCUT2D eigenvalue weighted by Crippen LogP contribution is 2.70. The number of hydrogen-bond acceptors (Lipinski definition) is 11. The van der Waals surface area contributed by atoms with E-state index >= 15 is 0 Å². The standard InChI is InChI=1S/C37H53NO11/c1-19-22(48-30(42)28(40)26(21-14-12-11-13-15-21)38-31(43)49-32(3,4)5)17-36(44)20(2)35(9)34(8,29(41)27(39)25(19)33(36,6)7)23(46-10)16-24-37(35,45)18-47-24/h11-15,20,22-24,26-28,39-40,44-45H,16-18H2,1-10H3,(H,38,43)/t20-,22?,23?,24?,26?,27?,28?,34-,35?,36?,37-/m0/s1. The highest BCUT2D eigenvalue weighted by Gasteiger charge is 2.79. The van der Waals surface area contributed by atoms with Gasteiger partial charge in [0.25, 0.3) is 0 Å². The lowest BCUT2D eigenvalue weighted by atomic mass is 9.36. The van der Waals surface area contributed by atoms with Crippen molar-refractivity contribution in [2.45, 2.75) is 129 Å². The van der Waals surface area contributed by atoms with E-state index in [-0.39, 0.29) is 25.0 Å². The molecule has 1 saturated heterocycles. The molecule has 0 aromatic heterocycles. The number of methoxy groups -OCH3 is 1. The fourth-order valence-corrected chi connectivity index (χ4v) is 9.57. The first-order valence-electron chi connectivity index (χ1n) is 17.0. The maximum atomic E-state index is 14.7. The number of ether oxygens (including phenoxy) is 4. The van der Waals surface area contributed by atoms with E-state index in [4.69, 9.17) is 18.9 Å². The number of fused-ring (bicyclic) bond motifs is 5. The Hall–Kier alpha value is -2.87. The molecule has 49 heavy (non-hydrogen) atoms. The third kappa shape index (κ3) is 5.28. The van der Waals surface area contributed by atoms with Gasteiger partial charge in [0.2, 0.25) is 0 Å². The van der Waals surface area contributed by atoms with Crippen LogP contribution < -0.4 is 5.32 Å². The Morgan fingerprint density at radius 3 is 2.20 bits per heavy atom. The number of aliphatic hydroxyl groups excluding tert-OH is 2. The van der Waals surface area contributed by atoms with Gasteiger partial charge in [-0.05, 0) is 57.2 Å². The van der Waals surface area contributed by atoms with E-state index in [9.17, 15) is 34.8 Å². The smallest absolute Gasteiger partial charge is 0.408 e. The van der Waals surface area contributed by atoms with Gasteiger partial charge in [0.15, 0.2) is 11.9 Å². The van der Waals surface area contributed by atoms with Crippen LogP contribution in [0.4, 0.5) is 4.79 Å². The predicted octanol–water partition coefficient (Wildman–Crippen LogP) is 3.14. The summed E-state index contributed by atoms with van der Waals surface area (Å²) < 4.78 is 23.0. The van der Waals surface area contributed by atoms with Crippen molar-refractivity contribution in [2.24, 2.45) is 22.2 Å². The van der Waals surface area contributed by atoms with Crippen LogP contribution in [0.3, 0.4) is 0 Å². The summed E-state index contributed by atoms with van der Waals surface area (Å²) in [6.07, 6.45) is -7.03. The SMILES string of the molecule is COC1CC2OC[C@@]2(O)C2(C)[C@H](C)C3(O)CC(OC(=O)C(O)C(NC(=O)OC(C)(C)C)c4ccccc4)C(C)=C(C(O)C(=O)[C@]12C)C3(C)C. The summed E-state index contributed by atoms with van der Waals surface area (Å²) >= 11 is 0. The molecule has 1 amide bonds. The number of carbonyl (C=O) groups is 3. The first-order chi connectivity index (χ1) is 22.5. The van der Waals surface area contributed by atoms with Crippen LogP contribution in [0.15, 0.2) is 41.5 Å². The van der Waals surface area contributed by atoms with Crippen molar-refractivity contribution in [2.75, 3.05) is 13.7 Å². The summed E-state index contributed by atoms with van der Waals surface area (Å²) in [4.78, 5) is 41.3. The molecule has 0 spiro atoms. The molecule has 1 aromatic rings. The van der Waals surface area contributed by atoms with Crippen molar-refractivity contribution in [1.82, 2.24) is 5.32 Å². The molecule has 2 bridgehead atoms. The summed E-state index contributed by atoms with van der Waals surface area (Å²) in [6, 6.07) is 7.15. The van der Waals surface area contributed by atoms with Crippen molar-refractivity contribution < 1.29 is 53.8 Å². The maximum absolute atomic E-state index is 14.7. The molecular formula is C37H53NO11. The average molecular weight is 688 g/mol. The molecule has 12 heteroatoms. The van der Waals surface area contributed by atoms with Crippen molar-refractivity contribution in [3.63, 3.8) is 0 Å². The van der Waals surface area contributed by atoms with Crippen molar-refractivity contribution in [3.05, 3.63) is 47.0 Å². The molecule has 2 saturated carbocycles. The highest BCUT2D eigenvalue weighted by atomic mass is 16.6. The van der Waals surface area contributed by atoms with Gasteiger partial charge in [0.1, 0.15) is 23.4 Å². The quantitative estimate of drug-likeness (QED) is 0.219. The lowest BCUT2D eigenvalue weighted by molar-refractivity contribution is -0.373. The molecule has 1 heterocycles. The molecule has 12 nitrogen and oxygen atoms in total. The normalized spacial score (nSPS) is 39.6. The van der Waals surface area contributed by atoms with Crippen LogP contribution in [0.5, 0.6) is 0 Å². The van der Waals surface area contributed by atoms with Crippen LogP contribution in [0.25, 0.3) is 0 Å². The van der Waals surface area contributed by atoms with Crippen molar-refractivity contribution >= 4 is 17.8 Å². The molecule has 8 unspecified atom stereocenters. The Morgan fingerprint density at radius 2 is 1.67 bits per heavy atom. The lowest BCUT2D eigenvalue weighted by Gasteiger charge is -2.72. The summed E-state index contributed by atoms with van der Waals surface area (Å²) in [5.74, 6) is -2.51. The largest absolute Gasteiger partial charge is 0.456 e. The van der Waals surface area contributed by atoms with Crippen LogP contribution in [0.2, 0.25) is 0 Å². The van der Waals surface area contributed by atoms with Gasteiger partial charge in [-0.2, -0.15) is 0 Å². The van der Waals surface area contributed by atoms with Crippen molar-refractivity contribution in [1.29, 1.82) is 0 Å². The number of nitrogens with one attached hydrogen (secondary N) is 1. The second-order valence-electron chi connectivity index (χ2n) is 16.3. The zero-order valence-corrected chi connectivity index (χ0v) is 30.2. The van der Waals surface area contributed by atoms with Crippen LogP contribution >= 0.6 is 0 Å². The molecule has 5 rings (SSSR count). The number of esters is 1. The van der Waals surface area contributed by atoms with Gasteiger partial charge in [-0.25, -0.2) is 9.59 Å². The van der Waals surface area contributed by atoms with E-state index in [1.165, 1.54) is 7.11 Å². The number of benzene rings is 1. The second kappa shape index (κ2) is 12.1. The molecule has 5 N–H and O–H groups in total. The second-order valence-corrected chi connectivity index (χ2v) is 16.3. The molecule has 1 aromatic carbocycles. The van der Waals surface area contributed by atoms with E-state index in [2.05, 4.69) is 5.32 Å². The predicted molar refractivity (Wildman–Crippen MR) is 177 cm³/mol. The molecule has 3 aliphatic carbocycles. The Balaban J connectivity index is 1.57. The van der Waals surface area contributed by atoms with Crippen LogP contribution in [-0.2, 0) is 28.5 Å². The number of amides is 1. The maximum Gasteiger partial charge on any atom is 0.408 e. The van der Waals surface area contributed by atoms with Crippen molar-refractivity contribution in [3.8, 4) is 0 Å². The van der Waals surface area contributed by atoms with Crippen LogP contribution in [-0.4, -0.2) is 99.3 Å². The topological polar surface area (TPSA) is 181 Å². The number of aliphatic hydroxyl groups is 4. The van der Waals surface area contributed by atoms with Gasteiger partial charge in [0.05, 0.1) is 35.9 Å². The first kappa shape index (κ1) is 37.4. The van der Waals surface area contributed by atoms with E-state index in [1.807, 2.05) is 0 Å². The number of Topliss-reactive ketones (excluding diaryl/α,β-unsaturated/α-hetero) is 1. The molecule has 11 atom stereocenters. The van der Waals surface area contributed by atoms with Crippen LogP contribution in [0, 0.1) is 22.2 Å². The van der Waals surface area contributed by atoms with Gasteiger partial charge in [0, 0.05) is 30.8 Å². The zero-order chi connectivity index (χ0) is 36.7. The summed E-state index contributed by atoms with van der Waals surface area (Å²) in [5, 5.41) is 51.3. The third-order valence-electron chi connectivity index (χ3n) is 12.8. The van der Waals surface area contributed by atoms with Gasteiger partial charge in [-0.3, -0.25) is 4.79 Å². The molecule has 1 aliphatic heterocycles. The monoisotopic (exact) mass is 687 g/mol. The van der Waals surface area contributed by atoms with E-state index in [1.54, 1.807) is 92.6 Å². The number of hydrogen-bond donors (Lipinski definition) is 5. The van der Waals surface area contributed by atoms with Gasteiger partial charge < -0.3 is 44.7 Å². The third-order valence-corrected chi connectivity index (χ3v) is 12.8. The number of carbonyl (C=O) groups excluding carboxylic acids is 3. The van der Waals surface area contributed by atoms with Gasteiger partial charge >= 0.3 is 12.1 Å². The average Bonchev–Trinajstić information content (AvgIpc) is 3.02. The zero-order valence-electron chi connectivity index (χ0n) is 30.2. The fourth-order valence-electron chi connectivity index (χ4n) is 9.57. The fraction of sp³-hybridized carbons (Fsp3) is 0.703. The molecular weight excluding hydrogens is 634 g/mol. The minimum Gasteiger partial charge on any atom is -0.456 e. The van der Waals surface area contributed by atoms with E-state index < -0.39 is 93.4 Å².